The van der Waals surface area contributed by atoms with Crippen LogP contribution < -0.4 is 4.74 Å². The third-order valence-electron chi connectivity index (χ3n) is 7.58. The molecule has 41 heavy (non-hydrogen) atoms. The lowest BCUT2D eigenvalue weighted by Gasteiger charge is -2.28. The van der Waals surface area contributed by atoms with Crippen LogP contribution in [0, 0.1) is 23.1 Å². The fourth-order valence-corrected chi connectivity index (χ4v) is 5.23. The Bertz CT molecular complexity index is 1690. The maximum absolute atomic E-state index is 14.3. The van der Waals surface area contributed by atoms with Crippen LogP contribution in [0.2, 0.25) is 0 Å². The zero-order chi connectivity index (χ0) is 28.3. The molecule has 1 aromatic carbocycles. The van der Waals surface area contributed by atoms with Crippen molar-refractivity contribution in [2.45, 2.75) is 51.4 Å². The van der Waals surface area contributed by atoms with E-state index in [1.54, 1.807) is 24.5 Å². The van der Waals surface area contributed by atoms with E-state index in [4.69, 9.17) is 19.7 Å². The lowest BCUT2D eigenvalue weighted by Crippen LogP contribution is -2.32. The molecule has 3 aromatic heterocycles. The van der Waals surface area contributed by atoms with Gasteiger partial charge in [-0.2, -0.15) is 5.26 Å². The van der Waals surface area contributed by atoms with Gasteiger partial charge in [0.2, 0.25) is 5.88 Å². The predicted octanol–water partition coefficient (Wildman–Crippen LogP) is 4.72. The lowest BCUT2D eigenvalue weighted by atomic mass is 9.86. The molecule has 1 aliphatic heterocycles. The Morgan fingerprint density at radius 2 is 2.05 bits per heavy atom. The highest BCUT2D eigenvalue weighted by molar-refractivity contribution is 5.88. The fraction of sp³-hybridized carbons (Fsp3) is 0.333. The average Bonchev–Trinajstić information content (AvgIpc) is 3.30. The summed E-state index contributed by atoms with van der Waals surface area (Å²) in [6.45, 7) is 1.29. The summed E-state index contributed by atoms with van der Waals surface area (Å²) in [6.07, 6.45) is 9.50. The first-order chi connectivity index (χ1) is 20.0. The number of carboxylic acid groups (broad SMARTS) is 1. The standard InChI is InChI=1S/C30H27FN6O4/c31-23-13-19(15-32)3-6-21(23)17-41-29-27(33-10-11-34-29)20-4-1-18(2-5-20)14-26-35-24-7-8-25(30(38)39)36-28(24)37(26)16-22-9-12-40-22/h3-4,6-8,10-11,13,18,22H,1-2,5,9,12,14,16-17H2,(H,38,39). The number of nitriles is 1. The van der Waals surface area contributed by atoms with Crippen molar-refractivity contribution >= 4 is 22.7 Å². The second-order valence-corrected chi connectivity index (χ2v) is 10.3. The number of hydrogen-bond acceptors (Lipinski definition) is 8. The molecule has 0 spiro atoms. The number of rotatable bonds is 9. The largest absolute Gasteiger partial charge is 0.477 e. The van der Waals surface area contributed by atoms with Crippen LogP contribution in [0.4, 0.5) is 4.39 Å². The summed E-state index contributed by atoms with van der Waals surface area (Å²) in [6, 6.07) is 9.40. The normalized spacial score (nSPS) is 18.4. The van der Waals surface area contributed by atoms with Crippen molar-refractivity contribution in [2.24, 2.45) is 5.92 Å². The molecule has 4 heterocycles. The molecular weight excluding hydrogens is 527 g/mol. The number of halogens is 1. The molecule has 1 aliphatic carbocycles. The summed E-state index contributed by atoms with van der Waals surface area (Å²) in [4.78, 5) is 29.6. The minimum atomic E-state index is -1.07. The first-order valence-corrected chi connectivity index (χ1v) is 13.5. The Hall–Kier alpha value is -4.69. The number of allylic oxidation sites excluding steroid dienone is 2. The number of fused-ring (bicyclic) bond motifs is 1. The summed E-state index contributed by atoms with van der Waals surface area (Å²) >= 11 is 0. The maximum Gasteiger partial charge on any atom is 0.354 e. The maximum atomic E-state index is 14.3. The van der Waals surface area contributed by atoms with Gasteiger partial charge in [-0.1, -0.05) is 12.1 Å². The van der Waals surface area contributed by atoms with E-state index in [0.29, 0.717) is 40.8 Å². The number of aromatic carboxylic acids is 1. The predicted molar refractivity (Wildman–Crippen MR) is 145 cm³/mol. The zero-order valence-electron chi connectivity index (χ0n) is 22.2. The second-order valence-electron chi connectivity index (χ2n) is 10.3. The van der Waals surface area contributed by atoms with Gasteiger partial charge >= 0.3 is 5.97 Å². The molecule has 1 fully saturated rings. The number of nitrogens with zero attached hydrogens (tertiary/aromatic N) is 6. The second kappa shape index (κ2) is 11.4. The van der Waals surface area contributed by atoms with Crippen LogP contribution in [0.5, 0.6) is 5.88 Å². The molecule has 2 unspecified atom stereocenters. The minimum absolute atomic E-state index is 0.00566. The monoisotopic (exact) mass is 554 g/mol. The average molecular weight is 555 g/mol. The Morgan fingerprint density at radius 1 is 1.20 bits per heavy atom. The number of hydrogen-bond donors (Lipinski definition) is 1. The molecule has 2 atom stereocenters. The number of carbonyl (C=O) groups is 1. The van der Waals surface area contributed by atoms with Gasteiger partial charge in [-0.3, -0.25) is 0 Å². The molecule has 0 bridgehead atoms. The molecule has 11 heteroatoms. The van der Waals surface area contributed by atoms with Gasteiger partial charge in [0.1, 0.15) is 29.5 Å². The summed E-state index contributed by atoms with van der Waals surface area (Å²) in [7, 11) is 0. The minimum Gasteiger partial charge on any atom is -0.477 e. The highest BCUT2D eigenvalue weighted by Gasteiger charge is 2.26. The van der Waals surface area contributed by atoms with Gasteiger partial charge < -0.3 is 19.1 Å². The first kappa shape index (κ1) is 26.5. The van der Waals surface area contributed by atoms with Crippen molar-refractivity contribution in [1.82, 2.24) is 24.5 Å². The molecule has 2 aliphatic rings. The van der Waals surface area contributed by atoms with E-state index in [1.807, 2.05) is 10.6 Å². The molecular formula is C30H27FN6O4. The first-order valence-electron chi connectivity index (χ1n) is 13.5. The van der Waals surface area contributed by atoms with Crippen molar-refractivity contribution < 1.29 is 23.8 Å². The number of aromatic nitrogens is 5. The van der Waals surface area contributed by atoms with E-state index < -0.39 is 11.8 Å². The lowest BCUT2D eigenvalue weighted by molar-refractivity contribution is -0.0591. The molecule has 208 valence electrons. The molecule has 10 nitrogen and oxygen atoms in total. The van der Waals surface area contributed by atoms with Gasteiger partial charge in [-0.05, 0) is 61.4 Å². The smallest absolute Gasteiger partial charge is 0.354 e. The van der Waals surface area contributed by atoms with Gasteiger partial charge in [0.05, 0.1) is 24.3 Å². The van der Waals surface area contributed by atoms with E-state index >= 15 is 0 Å². The van der Waals surface area contributed by atoms with E-state index in [1.165, 1.54) is 18.2 Å². The summed E-state index contributed by atoms with van der Waals surface area (Å²) in [5.41, 5.74) is 3.49. The van der Waals surface area contributed by atoms with Gasteiger partial charge in [-0.25, -0.2) is 29.1 Å². The molecule has 1 N–H and O–H groups in total. The summed E-state index contributed by atoms with van der Waals surface area (Å²) in [5.74, 6) is -0.0350. The Morgan fingerprint density at radius 3 is 2.76 bits per heavy atom. The highest BCUT2D eigenvalue weighted by Crippen LogP contribution is 2.35. The van der Waals surface area contributed by atoms with Gasteiger partial charge in [0.25, 0.3) is 0 Å². The van der Waals surface area contributed by atoms with Crippen molar-refractivity contribution in [3.05, 3.63) is 83.0 Å². The molecule has 1 saturated heterocycles. The van der Waals surface area contributed by atoms with Crippen LogP contribution in [-0.2, 0) is 24.3 Å². The molecule has 0 amide bonds. The van der Waals surface area contributed by atoms with Crippen LogP contribution in [0.15, 0.2) is 48.8 Å². The third kappa shape index (κ3) is 5.64. The zero-order valence-corrected chi connectivity index (χ0v) is 22.2. The van der Waals surface area contributed by atoms with Crippen molar-refractivity contribution in [2.75, 3.05) is 6.61 Å². The Balaban J connectivity index is 1.18. The van der Waals surface area contributed by atoms with E-state index in [9.17, 15) is 14.3 Å². The molecule has 0 saturated carbocycles. The molecule has 6 rings (SSSR count). The van der Waals surface area contributed by atoms with Crippen molar-refractivity contribution in [3.63, 3.8) is 0 Å². The van der Waals surface area contributed by atoms with Crippen LogP contribution in [-0.4, -0.2) is 48.3 Å². The summed E-state index contributed by atoms with van der Waals surface area (Å²) in [5, 5.41) is 18.4. The van der Waals surface area contributed by atoms with Crippen LogP contribution in [0.3, 0.4) is 0 Å². The van der Waals surface area contributed by atoms with E-state index in [-0.39, 0.29) is 24.0 Å². The molecule has 4 aromatic rings. The number of pyridine rings is 1. The van der Waals surface area contributed by atoms with E-state index in [0.717, 1.165) is 50.1 Å². The van der Waals surface area contributed by atoms with Crippen LogP contribution in [0.1, 0.15) is 58.8 Å². The van der Waals surface area contributed by atoms with Gasteiger partial charge in [-0.15, -0.1) is 0 Å². The van der Waals surface area contributed by atoms with Crippen LogP contribution >= 0.6 is 0 Å². The fourth-order valence-electron chi connectivity index (χ4n) is 5.23. The third-order valence-corrected chi connectivity index (χ3v) is 7.58. The van der Waals surface area contributed by atoms with Gasteiger partial charge in [0, 0.05) is 31.0 Å². The SMILES string of the molecule is N#Cc1ccc(COc2nccnc2C2=CCC(Cc3nc4ccc(C(=O)O)nc4n3CC3CCO3)CC2)c(F)c1. The van der Waals surface area contributed by atoms with E-state index in [2.05, 4.69) is 21.0 Å². The Kier molecular flexibility index (Phi) is 7.39. The quantitative estimate of drug-likeness (QED) is 0.311. The van der Waals surface area contributed by atoms with Crippen molar-refractivity contribution in [1.29, 1.82) is 5.26 Å². The number of carboxylic acids is 1. The Labute approximate surface area is 235 Å². The number of benzene rings is 1. The van der Waals surface area contributed by atoms with Crippen LogP contribution in [0.25, 0.3) is 16.7 Å². The van der Waals surface area contributed by atoms with Crippen molar-refractivity contribution in [3.8, 4) is 11.9 Å². The summed E-state index contributed by atoms with van der Waals surface area (Å²) < 4.78 is 27.9. The van der Waals surface area contributed by atoms with Gasteiger partial charge in [0.15, 0.2) is 11.3 Å². The highest BCUT2D eigenvalue weighted by atomic mass is 19.1. The number of ether oxygens (including phenoxy) is 2. The number of imidazole rings is 1. The molecule has 0 radical (unpaired) electrons. The topological polar surface area (TPSA) is 136 Å².